The molecule has 7 nitrogen and oxygen atoms in total. The molecule has 0 aliphatic heterocycles. The molecule has 0 spiro atoms. The van der Waals surface area contributed by atoms with Gasteiger partial charge < -0.3 is 19.9 Å². The molecule has 0 unspecified atom stereocenters. The van der Waals surface area contributed by atoms with E-state index in [1.807, 2.05) is 37.5 Å². The first-order valence-electron chi connectivity index (χ1n) is 7.44. The summed E-state index contributed by atoms with van der Waals surface area (Å²) < 4.78 is 7.77. The van der Waals surface area contributed by atoms with Gasteiger partial charge in [-0.2, -0.15) is 5.10 Å². The van der Waals surface area contributed by atoms with E-state index in [0.717, 1.165) is 5.75 Å². The van der Waals surface area contributed by atoms with Crippen molar-refractivity contribution in [3.05, 3.63) is 34.9 Å². The summed E-state index contributed by atoms with van der Waals surface area (Å²) in [7, 11) is 0. The number of aromatic nitrogens is 3. The molecule has 0 atom stereocenters. The van der Waals surface area contributed by atoms with Gasteiger partial charge in [0.1, 0.15) is 5.75 Å². The van der Waals surface area contributed by atoms with Gasteiger partial charge in [0.05, 0.1) is 13.2 Å². The number of hydrogen-bond donors (Lipinski definition) is 3. The monoisotopic (exact) mass is 335 g/mol. The van der Waals surface area contributed by atoms with E-state index >= 15 is 0 Å². The van der Waals surface area contributed by atoms with Crippen molar-refractivity contribution in [3.63, 3.8) is 0 Å². The standard InChI is InChI=1S/C15H21N5O2S/c1-4-22-12-7-5-11(6-8-12)17-14(21)16-9-13-18-19-15(23)20(13)10(2)3/h5-8,10H,4,9H2,1-3H3,(H,19,23)(H2,16,17,21). The number of carbonyl (C=O) groups excluding carboxylic acids is 1. The highest BCUT2D eigenvalue weighted by molar-refractivity contribution is 7.71. The number of ether oxygens (including phenoxy) is 1. The molecule has 0 bridgehead atoms. The average Bonchev–Trinajstić information content (AvgIpc) is 2.88. The first-order chi connectivity index (χ1) is 11.0. The second-order valence-electron chi connectivity index (χ2n) is 5.17. The Morgan fingerprint density at radius 2 is 2.09 bits per heavy atom. The lowest BCUT2D eigenvalue weighted by atomic mass is 10.3. The van der Waals surface area contributed by atoms with Crippen LogP contribution in [0.15, 0.2) is 24.3 Å². The fourth-order valence-electron chi connectivity index (χ4n) is 2.13. The minimum Gasteiger partial charge on any atom is -0.494 e. The van der Waals surface area contributed by atoms with Crippen LogP contribution in [0.1, 0.15) is 32.6 Å². The summed E-state index contributed by atoms with van der Waals surface area (Å²) in [5.74, 6) is 1.46. The summed E-state index contributed by atoms with van der Waals surface area (Å²) in [5.41, 5.74) is 0.689. The van der Waals surface area contributed by atoms with Crippen LogP contribution in [-0.4, -0.2) is 27.4 Å². The van der Waals surface area contributed by atoms with E-state index in [1.165, 1.54) is 0 Å². The maximum absolute atomic E-state index is 12.0. The number of urea groups is 1. The van der Waals surface area contributed by atoms with E-state index < -0.39 is 0 Å². The molecule has 2 amide bonds. The zero-order valence-electron chi connectivity index (χ0n) is 13.4. The van der Waals surface area contributed by atoms with E-state index in [-0.39, 0.29) is 18.6 Å². The number of benzene rings is 1. The molecule has 0 saturated carbocycles. The highest BCUT2D eigenvalue weighted by atomic mass is 32.1. The van der Waals surface area contributed by atoms with E-state index in [2.05, 4.69) is 20.8 Å². The third kappa shape index (κ3) is 4.56. The zero-order valence-corrected chi connectivity index (χ0v) is 14.2. The van der Waals surface area contributed by atoms with Crippen molar-refractivity contribution in [2.45, 2.75) is 33.4 Å². The topological polar surface area (TPSA) is 84.0 Å². The molecule has 0 aliphatic carbocycles. The third-order valence-electron chi connectivity index (χ3n) is 3.12. The van der Waals surface area contributed by atoms with Crippen LogP contribution in [-0.2, 0) is 6.54 Å². The lowest BCUT2D eigenvalue weighted by Crippen LogP contribution is -2.29. The average molecular weight is 335 g/mol. The molecule has 1 heterocycles. The van der Waals surface area contributed by atoms with Crippen molar-refractivity contribution in [2.75, 3.05) is 11.9 Å². The van der Waals surface area contributed by atoms with Crippen LogP contribution in [0.4, 0.5) is 10.5 Å². The Balaban J connectivity index is 1.91. The number of hydrogen-bond acceptors (Lipinski definition) is 4. The molecule has 0 fully saturated rings. The van der Waals surface area contributed by atoms with Gasteiger partial charge in [0.15, 0.2) is 10.6 Å². The number of aromatic amines is 1. The number of nitrogens with one attached hydrogen (secondary N) is 3. The lowest BCUT2D eigenvalue weighted by molar-refractivity contribution is 0.251. The van der Waals surface area contributed by atoms with Crippen molar-refractivity contribution in [1.29, 1.82) is 0 Å². The van der Waals surface area contributed by atoms with Crippen molar-refractivity contribution >= 4 is 23.9 Å². The van der Waals surface area contributed by atoms with Gasteiger partial charge in [-0.15, -0.1) is 0 Å². The number of amides is 2. The van der Waals surface area contributed by atoms with Gasteiger partial charge in [-0.25, -0.2) is 4.79 Å². The molecule has 8 heteroatoms. The van der Waals surface area contributed by atoms with Gasteiger partial charge in [0.2, 0.25) is 0 Å². The fraction of sp³-hybridized carbons (Fsp3) is 0.400. The molecule has 0 saturated heterocycles. The van der Waals surface area contributed by atoms with E-state index in [9.17, 15) is 4.79 Å². The molecule has 3 N–H and O–H groups in total. The van der Waals surface area contributed by atoms with Crippen LogP contribution >= 0.6 is 12.2 Å². The molecular weight excluding hydrogens is 314 g/mol. The molecule has 0 radical (unpaired) electrons. The van der Waals surface area contributed by atoms with Gasteiger partial charge in [0.25, 0.3) is 0 Å². The van der Waals surface area contributed by atoms with E-state index in [1.54, 1.807) is 12.1 Å². The smallest absolute Gasteiger partial charge is 0.319 e. The van der Waals surface area contributed by atoms with Crippen LogP contribution in [0.3, 0.4) is 0 Å². The number of nitrogens with zero attached hydrogens (tertiary/aromatic N) is 2. The summed E-state index contributed by atoms with van der Waals surface area (Å²) in [4.78, 5) is 12.0. The second kappa shape index (κ2) is 7.77. The Hall–Kier alpha value is -2.35. The predicted molar refractivity (Wildman–Crippen MR) is 91.3 cm³/mol. The highest BCUT2D eigenvalue weighted by Crippen LogP contribution is 2.15. The molecule has 0 aliphatic rings. The Morgan fingerprint density at radius 3 is 2.70 bits per heavy atom. The summed E-state index contributed by atoms with van der Waals surface area (Å²) >= 11 is 5.17. The molecule has 1 aromatic heterocycles. The largest absolute Gasteiger partial charge is 0.494 e. The van der Waals surface area contributed by atoms with Crippen LogP contribution < -0.4 is 15.4 Å². The first-order valence-corrected chi connectivity index (χ1v) is 7.85. The number of H-pyrrole nitrogens is 1. The lowest BCUT2D eigenvalue weighted by Gasteiger charge is -2.11. The van der Waals surface area contributed by atoms with Crippen LogP contribution in [0.5, 0.6) is 5.75 Å². The van der Waals surface area contributed by atoms with Crippen molar-refractivity contribution in [1.82, 2.24) is 20.1 Å². The molecular formula is C15H21N5O2S. The van der Waals surface area contributed by atoms with Crippen LogP contribution in [0, 0.1) is 4.77 Å². The Bertz CT molecular complexity index is 705. The SMILES string of the molecule is CCOc1ccc(NC(=O)NCc2n[nH]c(=S)n2C(C)C)cc1. The normalized spacial score (nSPS) is 10.6. The quantitative estimate of drug-likeness (QED) is 0.708. The van der Waals surface area contributed by atoms with E-state index in [0.29, 0.717) is 22.9 Å². The maximum atomic E-state index is 12.0. The Labute approximate surface area is 140 Å². The molecule has 23 heavy (non-hydrogen) atoms. The summed E-state index contributed by atoms with van der Waals surface area (Å²) in [6.07, 6.45) is 0. The molecule has 1 aromatic carbocycles. The molecule has 2 aromatic rings. The Morgan fingerprint density at radius 1 is 1.39 bits per heavy atom. The summed E-state index contributed by atoms with van der Waals surface area (Å²) in [5, 5.41) is 12.4. The Kier molecular flexibility index (Phi) is 5.75. The number of anilines is 1. The van der Waals surface area contributed by atoms with Gasteiger partial charge in [-0.3, -0.25) is 5.10 Å². The second-order valence-corrected chi connectivity index (χ2v) is 5.56. The van der Waals surface area contributed by atoms with E-state index in [4.69, 9.17) is 17.0 Å². The maximum Gasteiger partial charge on any atom is 0.319 e. The number of rotatable bonds is 6. The van der Waals surface area contributed by atoms with Gasteiger partial charge in [-0.05, 0) is 57.3 Å². The zero-order chi connectivity index (χ0) is 16.8. The fourth-order valence-corrected chi connectivity index (χ4v) is 2.49. The van der Waals surface area contributed by atoms with Crippen molar-refractivity contribution in [2.24, 2.45) is 0 Å². The summed E-state index contributed by atoms with van der Waals surface area (Å²) in [6, 6.07) is 7.06. The van der Waals surface area contributed by atoms with Crippen LogP contribution in [0.25, 0.3) is 0 Å². The minimum absolute atomic E-state index is 0.173. The van der Waals surface area contributed by atoms with Crippen molar-refractivity contribution in [3.8, 4) is 5.75 Å². The number of carbonyl (C=O) groups is 1. The minimum atomic E-state index is -0.307. The highest BCUT2D eigenvalue weighted by Gasteiger charge is 2.10. The third-order valence-corrected chi connectivity index (χ3v) is 3.41. The summed E-state index contributed by atoms with van der Waals surface area (Å²) in [6.45, 7) is 6.84. The first kappa shape index (κ1) is 17.0. The van der Waals surface area contributed by atoms with Gasteiger partial charge in [-0.1, -0.05) is 0 Å². The van der Waals surface area contributed by atoms with Gasteiger partial charge >= 0.3 is 6.03 Å². The predicted octanol–water partition coefficient (Wildman–Crippen LogP) is 3.24. The van der Waals surface area contributed by atoms with Crippen LogP contribution in [0.2, 0.25) is 0 Å². The van der Waals surface area contributed by atoms with Crippen molar-refractivity contribution < 1.29 is 9.53 Å². The molecule has 2 rings (SSSR count). The molecule has 124 valence electrons. The van der Waals surface area contributed by atoms with Gasteiger partial charge in [0, 0.05) is 11.7 Å².